The van der Waals surface area contributed by atoms with Crippen molar-refractivity contribution in [2.45, 2.75) is 26.3 Å². The number of hydrogen-bond acceptors (Lipinski definition) is 2. The summed E-state index contributed by atoms with van der Waals surface area (Å²) in [6.07, 6.45) is 4.73. The van der Waals surface area contributed by atoms with Crippen LogP contribution in [0.2, 0.25) is 0 Å². The molecular weight excluding hydrogens is 196 g/mol. The van der Waals surface area contributed by atoms with Crippen molar-refractivity contribution in [3.63, 3.8) is 0 Å². The minimum absolute atomic E-state index is 0.766. The van der Waals surface area contributed by atoms with Gasteiger partial charge in [-0.15, -0.1) is 0 Å². The fraction of sp³-hybridized carbons (Fsp3) is 0.700. The predicted molar refractivity (Wildman–Crippen MR) is 57.9 cm³/mol. The van der Waals surface area contributed by atoms with Gasteiger partial charge >= 0.3 is 0 Å². The summed E-state index contributed by atoms with van der Waals surface area (Å²) in [6.45, 7) is 4.56. The molecule has 0 bridgehead atoms. The largest absolute Gasteiger partial charge is 0.379 e. The molecule has 0 amide bonds. The maximum Gasteiger partial charge on any atom is 0.177 e. The smallest absolute Gasteiger partial charge is 0.177 e. The van der Waals surface area contributed by atoms with Gasteiger partial charge in [-0.05, 0) is 37.9 Å². The molecular formula is C10H16N2OS. The molecule has 2 rings (SSSR count). The van der Waals surface area contributed by atoms with Crippen molar-refractivity contribution in [2.24, 2.45) is 5.92 Å². The molecule has 0 aliphatic heterocycles. The highest BCUT2D eigenvalue weighted by molar-refractivity contribution is 7.71. The summed E-state index contributed by atoms with van der Waals surface area (Å²) in [7, 11) is 0. The van der Waals surface area contributed by atoms with Gasteiger partial charge in [0.05, 0.1) is 6.61 Å². The first kappa shape index (κ1) is 9.93. The summed E-state index contributed by atoms with van der Waals surface area (Å²) in [5.74, 6) is 0.843. The van der Waals surface area contributed by atoms with Crippen molar-refractivity contribution in [3.05, 3.63) is 16.7 Å². The van der Waals surface area contributed by atoms with E-state index in [1.54, 1.807) is 0 Å². The van der Waals surface area contributed by atoms with Crippen molar-refractivity contribution >= 4 is 12.2 Å². The molecule has 4 heteroatoms. The van der Waals surface area contributed by atoms with Gasteiger partial charge in [0.25, 0.3) is 0 Å². The SMILES string of the molecule is Cc1cn(CCOCC2CC2)c(=S)[nH]1. The Labute approximate surface area is 89.1 Å². The quantitative estimate of drug-likeness (QED) is 0.599. The number of hydrogen-bond donors (Lipinski definition) is 1. The normalized spacial score (nSPS) is 16.1. The molecule has 1 aromatic rings. The van der Waals surface area contributed by atoms with Crippen LogP contribution in [0.4, 0.5) is 0 Å². The maximum atomic E-state index is 5.54. The van der Waals surface area contributed by atoms with E-state index < -0.39 is 0 Å². The Morgan fingerprint density at radius 2 is 2.43 bits per heavy atom. The zero-order chi connectivity index (χ0) is 9.97. The van der Waals surface area contributed by atoms with E-state index in [1.807, 2.05) is 17.7 Å². The fourth-order valence-electron chi connectivity index (χ4n) is 1.43. The van der Waals surface area contributed by atoms with Crippen LogP contribution in [0.1, 0.15) is 18.5 Å². The first-order chi connectivity index (χ1) is 6.75. The molecule has 0 atom stereocenters. The summed E-state index contributed by atoms with van der Waals surface area (Å²) in [6, 6.07) is 0. The Kier molecular flexibility index (Phi) is 3.03. The Bertz CT molecular complexity index is 351. The minimum atomic E-state index is 0.766. The third-order valence-corrected chi connectivity index (χ3v) is 2.78. The third kappa shape index (κ3) is 2.69. The number of H-pyrrole nitrogens is 1. The van der Waals surface area contributed by atoms with Crippen LogP contribution in [-0.4, -0.2) is 22.8 Å². The Morgan fingerprint density at radius 3 is 3.00 bits per heavy atom. The molecule has 1 fully saturated rings. The van der Waals surface area contributed by atoms with E-state index in [1.165, 1.54) is 12.8 Å². The van der Waals surface area contributed by atoms with Crippen molar-refractivity contribution in [2.75, 3.05) is 13.2 Å². The van der Waals surface area contributed by atoms with Crippen molar-refractivity contribution in [1.29, 1.82) is 0 Å². The van der Waals surface area contributed by atoms with Crippen LogP contribution >= 0.6 is 12.2 Å². The van der Waals surface area contributed by atoms with E-state index in [9.17, 15) is 0 Å². The number of aryl methyl sites for hydroxylation is 1. The van der Waals surface area contributed by atoms with E-state index in [0.29, 0.717) is 0 Å². The van der Waals surface area contributed by atoms with Gasteiger partial charge in [-0.3, -0.25) is 0 Å². The number of aromatic nitrogens is 2. The summed E-state index contributed by atoms with van der Waals surface area (Å²) in [5, 5.41) is 0. The first-order valence-electron chi connectivity index (χ1n) is 5.09. The molecule has 1 aliphatic rings. The highest BCUT2D eigenvalue weighted by atomic mass is 32.1. The second kappa shape index (κ2) is 4.28. The van der Waals surface area contributed by atoms with Gasteiger partial charge in [0.2, 0.25) is 0 Å². The Balaban J connectivity index is 1.73. The lowest BCUT2D eigenvalue weighted by molar-refractivity contribution is 0.116. The highest BCUT2D eigenvalue weighted by Crippen LogP contribution is 2.28. The average molecular weight is 212 g/mol. The average Bonchev–Trinajstić information content (AvgIpc) is 2.88. The lowest BCUT2D eigenvalue weighted by atomic mass is 10.5. The molecule has 1 aliphatic carbocycles. The van der Waals surface area contributed by atoms with Gasteiger partial charge in [-0.25, -0.2) is 0 Å². The van der Waals surface area contributed by atoms with E-state index in [2.05, 4.69) is 4.98 Å². The highest BCUT2D eigenvalue weighted by Gasteiger charge is 2.20. The van der Waals surface area contributed by atoms with Gasteiger partial charge in [0, 0.05) is 25.0 Å². The van der Waals surface area contributed by atoms with Crippen molar-refractivity contribution < 1.29 is 4.74 Å². The predicted octanol–water partition coefficient (Wildman–Crippen LogP) is 2.28. The molecule has 1 saturated carbocycles. The standard InChI is InChI=1S/C10H16N2OS/c1-8-6-12(10(14)11-8)4-5-13-7-9-2-3-9/h6,9H,2-5,7H2,1H3,(H,11,14). The van der Waals surface area contributed by atoms with E-state index in [4.69, 9.17) is 17.0 Å². The lowest BCUT2D eigenvalue weighted by Crippen LogP contribution is -2.06. The molecule has 0 aromatic carbocycles. The summed E-state index contributed by atoms with van der Waals surface area (Å²) in [5.41, 5.74) is 1.11. The minimum Gasteiger partial charge on any atom is -0.379 e. The van der Waals surface area contributed by atoms with Crippen LogP contribution in [0.25, 0.3) is 0 Å². The molecule has 1 N–H and O–H groups in total. The molecule has 3 nitrogen and oxygen atoms in total. The number of imidazole rings is 1. The third-order valence-electron chi connectivity index (χ3n) is 2.44. The molecule has 0 radical (unpaired) electrons. The van der Waals surface area contributed by atoms with Gasteiger partial charge in [-0.1, -0.05) is 0 Å². The number of nitrogens with one attached hydrogen (secondary N) is 1. The zero-order valence-corrected chi connectivity index (χ0v) is 9.27. The van der Waals surface area contributed by atoms with E-state index >= 15 is 0 Å². The van der Waals surface area contributed by atoms with Gasteiger partial charge in [0.15, 0.2) is 4.77 Å². The molecule has 78 valence electrons. The van der Waals surface area contributed by atoms with Crippen molar-refractivity contribution in [3.8, 4) is 0 Å². The number of ether oxygens (including phenoxy) is 1. The summed E-state index contributed by atoms with van der Waals surface area (Å²) >= 11 is 5.14. The molecule has 0 spiro atoms. The van der Waals surface area contributed by atoms with Crippen LogP contribution in [0, 0.1) is 17.6 Å². The first-order valence-corrected chi connectivity index (χ1v) is 5.50. The number of aromatic amines is 1. The maximum absolute atomic E-state index is 5.54. The number of rotatable bonds is 5. The second-order valence-corrected chi connectivity index (χ2v) is 4.34. The van der Waals surface area contributed by atoms with Gasteiger partial charge in [-0.2, -0.15) is 0 Å². The molecule has 14 heavy (non-hydrogen) atoms. The molecule has 1 aromatic heterocycles. The molecule has 0 unspecified atom stereocenters. The van der Waals surface area contributed by atoms with Crippen LogP contribution in [0.15, 0.2) is 6.20 Å². The lowest BCUT2D eigenvalue weighted by Gasteiger charge is -2.03. The monoisotopic (exact) mass is 212 g/mol. The Hall–Kier alpha value is -0.610. The van der Waals surface area contributed by atoms with Gasteiger partial charge in [0.1, 0.15) is 0 Å². The van der Waals surface area contributed by atoms with Crippen LogP contribution < -0.4 is 0 Å². The molecule has 1 heterocycles. The second-order valence-electron chi connectivity index (χ2n) is 3.95. The number of nitrogens with zero attached hydrogens (tertiary/aromatic N) is 1. The Morgan fingerprint density at radius 1 is 1.64 bits per heavy atom. The van der Waals surface area contributed by atoms with Crippen LogP contribution in [0.5, 0.6) is 0 Å². The summed E-state index contributed by atoms with van der Waals surface area (Å²) < 4.78 is 8.36. The van der Waals surface area contributed by atoms with Crippen LogP contribution in [0.3, 0.4) is 0 Å². The van der Waals surface area contributed by atoms with E-state index in [-0.39, 0.29) is 0 Å². The van der Waals surface area contributed by atoms with E-state index in [0.717, 1.165) is 36.1 Å². The topological polar surface area (TPSA) is 29.9 Å². The molecule has 0 saturated heterocycles. The van der Waals surface area contributed by atoms with Crippen molar-refractivity contribution in [1.82, 2.24) is 9.55 Å². The summed E-state index contributed by atoms with van der Waals surface area (Å²) in [4.78, 5) is 3.09. The van der Waals surface area contributed by atoms with Crippen LogP contribution in [-0.2, 0) is 11.3 Å². The van der Waals surface area contributed by atoms with Gasteiger partial charge < -0.3 is 14.3 Å². The fourth-order valence-corrected chi connectivity index (χ4v) is 1.73. The zero-order valence-electron chi connectivity index (χ0n) is 8.45.